The van der Waals surface area contributed by atoms with Crippen molar-refractivity contribution < 1.29 is 4.79 Å². The van der Waals surface area contributed by atoms with E-state index >= 15 is 0 Å². The SMILES string of the molecule is Cn1ccc(-c2nc(NC(=O)NC3CC3)c(C#N)nc2-c2cc(Cl)c3[nH]ncc3c2)n1. The van der Waals surface area contributed by atoms with Gasteiger partial charge in [-0.15, -0.1) is 0 Å². The third-order valence-corrected chi connectivity index (χ3v) is 5.17. The highest BCUT2D eigenvalue weighted by Crippen LogP contribution is 2.34. The summed E-state index contributed by atoms with van der Waals surface area (Å²) in [5.74, 6) is 0.0699. The molecule has 0 atom stereocenters. The van der Waals surface area contributed by atoms with Gasteiger partial charge in [0.15, 0.2) is 11.5 Å². The van der Waals surface area contributed by atoms with Crippen LogP contribution in [0, 0.1) is 11.3 Å². The van der Waals surface area contributed by atoms with E-state index in [1.54, 1.807) is 36.3 Å². The Bertz CT molecular complexity index is 1360. The number of H-pyrrole nitrogens is 1. The Morgan fingerprint density at radius 3 is 2.87 bits per heavy atom. The normalized spacial score (nSPS) is 13.2. The van der Waals surface area contributed by atoms with Gasteiger partial charge in [0.1, 0.15) is 23.2 Å². The molecule has 4 aromatic rings. The summed E-state index contributed by atoms with van der Waals surface area (Å²) in [5.41, 5.74) is 2.73. The third-order valence-electron chi connectivity index (χ3n) is 4.88. The summed E-state index contributed by atoms with van der Waals surface area (Å²) < 4.78 is 1.64. The second kappa shape index (κ2) is 7.37. The molecule has 2 amide bonds. The van der Waals surface area contributed by atoms with Gasteiger partial charge in [-0.3, -0.25) is 15.1 Å². The molecular weight excluding hydrogens is 418 g/mol. The average Bonchev–Trinajstić information content (AvgIpc) is 3.23. The Morgan fingerprint density at radius 1 is 1.32 bits per heavy atom. The minimum absolute atomic E-state index is 0.0101. The second-order valence-electron chi connectivity index (χ2n) is 7.27. The van der Waals surface area contributed by atoms with Gasteiger partial charge in [0.25, 0.3) is 0 Å². The largest absolute Gasteiger partial charge is 0.335 e. The summed E-state index contributed by atoms with van der Waals surface area (Å²) in [7, 11) is 1.79. The van der Waals surface area contributed by atoms with Crippen molar-refractivity contribution in [3.05, 3.63) is 41.3 Å². The molecule has 0 unspecified atom stereocenters. The van der Waals surface area contributed by atoms with Crippen LogP contribution in [0.3, 0.4) is 0 Å². The number of anilines is 1. The van der Waals surface area contributed by atoms with Crippen molar-refractivity contribution in [2.24, 2.45) is 7.05 Å². The number of halogens is 1. The summed E-state index contributed by atoms with van der Waals surface area (Å²) in [6, 6.07) is 7.13. The molecule has 11 heteroatoms. The number of amides is 2. The van der Waals surface area contributed by atoms with Crippen LogP contribution in [0.5, 0.6) is 0 Å². The summed E-state index contributed by atoms with van der Waals surface area (Å²) >= 11 is 6.41. The number of aromatic amines is 1. The lowest BCUT2D eigenvalue weighted by Crippen LogP contribution is -2.31. The molecule has 31 heavy (non-hydrogen) atoms. The Hall–Kier alpha value is -3.97. The maximum Gasteiger partial charge on any atom is 0.320 e. The molecule has 1 aliphatic rings. The number of nitrogens with one attached hydrogen (secondary N) is 3. The first-order valence-corrected chi connectivity index (χ1v) is 9.92. The Labute approximate surface area is 181 Å². The van der Waals surface area contributed by atoms with Crippen LogP contribution in [0.2, 0.25) is 5.02 Å². The van der Waals surface area contributed by atoms with E-state index in [4.69, 9.17) is 11.6 Å². The van der Waals surface area contributed by atoms with Crippen molar-refractivity contribution in [2.45, 2.75) is 18.9 Å². The van der Waals surface area contributed by atoms with Gasteiger partial charge in [-0.05, 0) is 31.0 Å². The predicted octanol–water partition coefficient (Wildman–Crippen LogP) is 3.23. The lowest BCUT2D eigenvalue weighted by Gasteiger charge is -2.12. The monoisotopic (exact) mass is 433 g/mol. The van der Waals surface area contributed by atoms with Gasteiger partial charge in [-0.1, -0.05) is 11.6 Å². The van der Waals surface area contributed by atoms with E-state index in [0.29, 0.717) is 33.2 Å². The van der Waals surface area contributed by atoms with Gasteiger partial charge < -0.3 is 5.32 Å². The standard InChI is InChI=1S/C20H16ClN9O/c1-30-5-4-14(29-30)18-17(10-6-11-9-23-28-16(11)13(21)7-10)25-15(8-22)19(26-18)27-20(31)24-12-2-3-12/h4-7,9,12H,2-3H2,1H3,(H,23,28)(H2,24,26,27,31). The molecule has 1 saturated carbocycles. The molecule has 3 N–H and O–H groups in total. The molecule has 3 aromatic heterocycles. The molecule has 5 rings (SSSR count). The lowest BCUT2D eigenvalue weighted by atomic mass is 10.1. The fraction of sp³-hybridized carbons (Fsp3) is 0.200. The van der Waals surface area contributed by atoms with Crippen LogP contribution >= 0.6 is 11.6 Å². The molecule has 0 saturated heterocycles. The van der Waals surface area contributed by atoms with Gasteiger partial charge in [-0.2, -0.15) is 15.5 Å². The molecule has 10 nitrogen and oxygen atoms in total. The van der Waals surface area contributed by atoms with E-state index in [1.807, 2.05) is 12.1 Å². The lowest BCUT2D eigenvalue weighted by molar-refractivity contribution is 0.251. The van der Waals surface area contributed by atoms with E-state index < -0.39 is 6.03 Å². The smallest absolute Gasteiger partial charge is 0.320 e. The first kappa shape index (κ1) is 19.0. The van der Waals surface area contributed by atoms with Gasteiger partial charge in [0.05, 0.1) is 16.7 Å². The van der Waals surface area contributed by atoms with E-state index in [2.05, 4.69) is 35.9 Å². The third kappa shape index (κ3) is 3.67. The molecule has 0 radical (unpaired) electrons. The zero-order valence-corrected chi connectivity index (χ0v) is 17.1. The van der Waals surface area contributed by atoms with Crippen molar-refractivity contribution in [3.8, 4) is 28.7 Å². The van der Waals surface area contributed by atoms with Crippen LogP contribution in [-0.2, 0) is 7.05 Å². The van der Waals surface area contributed by atoms with Gasteiger partial charge in [0, 0.05) is 30.2 Å². The molecular formula is C20H16ClN9O. The van der Waals surface area contributed by atoms with Crippen LogP contribution < -0.4 is 10.6 Å². The number of carbonyl (C=O) groups is 1. The number of aryl methyl sites for hydroxylation is 1. The van der Waals surface area contributed by atoms with Crippen molar-refractivity contribution in [2.75, 3.05) is 5.32 Å². The van der Waals surface area contributed by atoms with Crippen molar-refractivity contribution in [3.63, 3.8) is 0 Å². The number of carbonyl (C=O) groups excluding carboxylic acids is 1. The Morgan fingerprint density at radius 2 is 2.16 bits per heavy atom. The number of fused-ring (bicyclic) bond motifs is 1. The molecule has 0 aliphatic heterocycles. The second-order valence-corrected chi connectivity index (χ2v) is 7.68. The molecule has 3 heterocycles. The number of hydrogen-bond acceptors (Lipinski definition) is 6. The summed E-state index contributed by atoms with van der Waals surface area (Å²) in [6.07, 6.45) is 5.32. The van der Waals surface area contributed by atoms with Crippen LogP contribution in [0.25, 0.3) is 33.5 Å². The van der Waals surface area contributed by atoms with Gasteiger partial charge in [0.2, 0.25) is 0 Å². The number of nitriles is 1. The van der Waals surface area contributed by atoms with Crippen LogP contribution in [0.1, 0.15) is 18.5 Å². The topological polar surface area (TPSA) is 137 Å². The van der Waals surface area contributed by atoms with Gasteiger partial charge >= 0.3 is 6.03 Å². The van der Waals surface area contributed by atoms with Gasteiger partial charge in [-0.25, -0.2) is 14.8 Å². The molecule has 0 spiro atoms. The van der Waals surface area contributed by atoms with Crippen molar-refractivity contribution in [1.82, 2.24) is 35.3 Å². The minimum Gasteiger partial charge on any atom is -0.335 e. The number of urea groups is 1. The van der Waals surface area contributed by atoms with Crippen LogP contribution in [0.4, 0.5) is 10.6 Å². The number of benzene rings is 1. The maximum atomic E-state index is 12.3. The van der Waals surface area contributed by atoms with E-state index in [1.165, 1.54) is 0 Å². The summed E-state index contributed by atoms with van der Waals surface area (Å²) in [4.78, 5) is 21.3. The Balaban J connectivity index is 1.66. The number of aromatic nitrogens is 6. The quantitative estimate of drug-likeness (QED) is 0.451. The fourth-order valence-electron chi connectivity index (χ4n) is 3.23. The minimum atomic E-state index is -0.420. The highest BCUT2D eigenvalue weighted by Gasteiger charge is 2.25. The number of hydrogen-bond donors (Lipinski definition) is 3. The first-order chi connectivity index (χ1) is 15.0. The number of nitrogens with zero attached hydrogens (tertiary/aromatic N) is 6. The molecule has 1 aliphatic carbocycles. The fourth-order valence-corrected chi connectivity index (χ4v) is 3.50. The molecule has 1 aromatic carbocycles. The molecule has 0 bridgehead atoms. The van der Waals surface area contributed by atoms with E-state index in [-0.39, 0.29) is 17.6 Å². The first-order valence-electron chi connectivity index (χ1n) is 9.54. The van der Waals surface area contributed by atoms with E-state index in [9.17, 15) is 10.1 Å². The summed E-state index contributed by atoms with van der Waals surface area (Å²) in [5, 5.41) is 27.7. The maximum absolute atomic E-state index is 12.3. The zero-order chi connectivity index (χ0) is 21.5. The Kier molecular flexibility index (Phi) is 4.52. The van der Waals surface area contributed by atoms with Crippen molar-refractivity contribution in [1.29, 1.82) is 5.26 Å². The van der Waals surface area contributed by atoms with Crippen molar-refractivity contribution >= 4 is 34.4 Å². The van der Waals surface area contributed by atoms with E-state index in [0.717, 1.165) is 18.2 Å². The molecule has 154 valence electrons. The highest BCUT2D eigenvalue weighted by molar-refractivity contribution is 6.35. The van der Waals surface area contributed by atoms with Crippen LogP contribution in [-0.4, -0.2) is 42.0 Å². The highest BCUT2D eigenvalue weighted by atomic mass is 35.5. The molecule has 1 fully saturated rings. The zero-order valence-electron chi connectivity index (χ0n) is 16.3. The summed E-state index contributed by atoms with van der Waals surface area (Å²) in [6.45, 7) is 0. The number of rotatable bonds is 4. The van der Waals surface area contributed by atoms with Crippen LogP contribution in [0.15, 0.2) is 30.6 Å². The predicted molar refractivity (Wildman–Crippen MR) is 114 cm³/mol. The average molecular weight is 434 g/mol.